The summed E-state index contributed by atoms with van der Waals surface area (Å²) in [6.45, 7) is 4.47. The van der Waals surface area contributed by atoms with Crippen LogP contribution < -0.4 is 5.73 Å². The van der Waals surface area contributed by atoms with Gasteiger partial charge in [0.1, 0.15) is 11.6 Å². The van der Waals surface area contributed by atoms with Crippen LogP contribution in [-0.4, -0.2) is 9.78 Å². The number of hydrogen-bond donors (Lipinski definition) is 1. The number of hydrogen-bond acceptors (Lipinski definition) is 2. The Morgan fingerprint density at radius 3 is 2.42 bits per heavy atom. The summed E-state index contributed by atoms with van der Waals surface area (Å²) in [5.74, 6) is 0.847. The zero-order valence-electron chi connectivity index (χ0n) is 11.4. The summed E-state index contributed by atoms with van der Waals surface area (Å²) in [7, 11) is 1.85. The van der Waals surface area contributed by atoms with Gasteiger partial charge in [0.25, 0.3) is 0 Å². The van der Waals surface area contributed by atoms with Crippen LogP contribution in [0.4, 0.5) is 10.2 Å². The van der Waals surface area contributed by atoms with Crippen LogP contribution in [0.3, 0.4) is 0 Å². The minimum Gasteiger partial charge on any atom is -0.383 e. The molecular formula is C15H18FN3. The highest BCUT2D eigenvalue weighted by molar-refractivity contribution is 5.77. The number of rotatable bonds is 2. The van der Waals surface area contributed by atoms with Crippen LogP contribution in [0.1, 0.15) is 31.9 Å². The lowest BCUT2D eigenvalue weighted by atomic mass is 9.99. The van der Waals surface area contributed by atoms with Gasteiger partial charge < -0.3 is 5.73 Å². The van der Waals surface area contributed by atoms with Crippen molar-refractivity contribution in [2.45, 2.75) is 26.2 Å². The van der Waals surface area contributed by atoms with Crippen molar-refractivity contribution >= 4 is 5.82 Å². The lowest BCUT2D eigenvalue weighted by Gasteiger charge is -2.05. The highest BCUT2D eigenvalue weighted by atomic mass is 19.1. The standard InChI is InChI=1S/C15H18FN3/c1-15(2)8-11(15)13-12(14(17)19(3)18-13)9-4-6-10(16)7-5-9/h4-7,11H,8,17H2,1-3H3. The second-order valence-electron chi connectivity index (χ2n) is 6.02. The van der Waals surface area contributed by atoms with Gasteiger partial charge in [0, 0.05) is 18.5 Å². The molecule has 0 aliphatic heterocycles. The van der Waals surface area contributed by atoms with Crippen LogP contribution in [0, 0.1) is 11.2 Å². The Morgan fingerprint density at radius 2 is 1.89 bits per heavy atom. The third-order valence-corrected chi connectivity index (χ3v) is 4.10. The Labute approximate surface area is 112 Å². The predicted molar refractivity (Wildman–Crippen MR) is 74.2 cm³/mol. The maximum atomic E-state index is 13.1. The highest BCUT2D eigenvalue weighted by Crippen LogP contribution is 2.60. The molecule has 1 aliphatic carbocycles. The fourth-order valence-electron chi connectivity index (χ4n) is 2.65. The second kappa shape index (κ2) is 3.83. The van der Waals surface area contributed by atoms with Crippen LogP contribution in [0.25, 0.3) is 11.1 Å². The molecule has 4 heteroatoms. The van der Waals surface area contributed by atoms with Crippen molar-refractivity contribution in [2.75, 3.05) is 5.73 Å². The van der Waals surface area contributed by atoms with Gasteiger partial charge in [-0.1, -0.05) is 26.0 Å². The van der Waals surface area contributed by atoms with E-state index < -0.39 is 0 Å². The average Bonchev–Trinajstić information content (AvgIpc) is 2.88. The third kappa shape index (κ3) is 1.91. The lowest BCUT2D eigenvalue weighted by Crippen LogP contribution is -1.98. The molecule has 1 aromatic carbocycles. The van der Waals surface area contributed by atoms with E-state index in [0.29, 0.717) is 11.7 Å². The molecule has 19 heavy (non-hydrogen) atoms. The molecule has 0 amide bonds. The zero-order chi connectivity index (χ0) is 13.8. The van der Waals surface area contributed by atoms with Crippen LogP contribution in [0.15, 0.2) is 24.3 Å². The van der Waals surface area contributed by atoms with Gasteiger partial charge in [-0.05, 0) is 29.5 Å². The first-order valence-corrected chi connectivity index (χ1v) is 6.48. The topological polar surface area (TPSA) is 43.8 Å². The Bertz CT molecular complexity index is 626. The van der Waals surface area contributed by atoms with Gasteiger partial charge in [-0.2, -0.15) is 5.10 Å². The molecular weight excluding hydrogens is 241 g/mol. The van der Waals surface area contributed by atoms with E-state index in [2.05, 4.69) is 18.9 Å². The number of aromatic nitrogens is 2. The normalized spacial score (nSPS) is 20.5. The van der Waals surface area contributed by atoms with E-state index in [1.165, 1.54) is 12.1 Å². The second-order valence-corrected chi connectivity index (χ2v) is 6.02. The number of nitrogens with two attached hydrogens (primary N) is 1. The SMILES string of the molecule is Cn1nc(C2CC2(C)C)c(-c2ccc(F)cc2)c1N. The van der Waals surface area contributed by atoms with Crippen molar-refractivity contribution in [3.8, 4) is 11.1 Å². The number of nitrogen functional groups attached to an aromatic ring is 1. The minimum absolute atomic E-state index is 0.237. The maximum Gasteiger partial charge on any atom is 0.129 e. The molecule has 1 atom stereocenters. The summed E-state index contributed by atoms with van der Waals surface area (Å²) in [5, 5.41) is 4.56. The monoisotopic (exact) mass is 259 g/mol. The first-order chi connectivity index (χ1) is 8.90. The fourth-order valence-corrected chi connectivity index (χ4v) is 2.65. The minimum atomic E-state index is -0.237. The zero-order valence-corrected chi connectivity index (χ0v) is 11.4. The maximum absolute atomic E-state index is 13.1. The van der Waals surface area contributed by atoms with E-state index in [1.54, 1.807) is 16.8 Å². The molecule has 1 aromatic heterocycles. The number of aryl methyl sites for hydroxylation is 1. The Kier molecular flexibility index (Phi) is 2.46. The van der Waals surface area contributed by atoms with Crippen molar-refractivity contribution in [3.63, 3.8) is 0 Å². The predicted octanol–water partition coefficient (Wildman–Crippen LogP) is 3.32. The first-order valence-electron chi connectivity index (χ1n) is 6.48. The highest BCUT2D eigenvalue weighted by Gasteiger charge is 2.49. The Balaban J connectivity index is 2.12. The molecule has 100 valence electrons. The van der Waals surface area contributed by atoms with Gasteiger partial charge in [0.15, 0.2) is 0 Å². The molecule has 0 spiro atoms. The van der Waals surface area contributed by atoms with E-state index in [1.807, 2.05) is 7.05 Å². The average molecular weight is 259 g/mol. The number of benzene rings is 1. The van der Waals surface area contributed by atoms with E-state index in [9.17, 15) is 4.39 Å². The van der Waals surface area contributed by atoms with E-state index in [0.717, 1.165) is 23.2 Å². The van der Waals surface area contributed by atoms with Gasteiger partial charge in [0.05, 0.1) is 5.69 Å². The molecule has 1 aliphatic rings. The summed E-state index contributed by atoms with van der Waals surface area (Å²) in [4.78, 5) is 0. The van der Waals surface area contributed by atoms with Gasteiger partial charge in [-0.15, -0.1) is 0 Å². The molecule has 2 N–H and O–H groups in total. The summed E-state index contributed by atoms with van der Waals surface area (Å²) in [6.07, 6.45) is 1.12. The van der Waals surface area contributed by atoms with E-state index in [-0.39, 0.29) is 11.2 Å². The molecule has 3 nitrogen and oxygen atoms in total. The summed E-state index contributed by atoms with van der Waals surface area (Å²) in [5.41, 5.74) is 9.35. The quantitative estimate of drug-likeness (QED) is 0.899. The van der Waals surface area contributed by atoms with Crippen molar-refractivity contribution in [1.29, 1.82) is 0 Å². The summed E-state index contributed by atoms with van der Waals surface area (Å²) >= 11 is 0. The molecule has 1 unspecified atom stereocenters. The molecule has 0 bridgehead atoms. The fraction of sp³-hybridized carbons (Fsp3) is 0.400. The van der Waals surface area contributed by atoms with E-state index in [4.69, 9.17) is 5.73 Å². The number of anilines is 1. The Hall–Kier alpha value is -1.84. The number of halogens is 1. The van der Waals surface area contributed by atoms with Crippen LogP contribution >= 0.6 is 0 Å². The van der Waals surface area contributed by atoms with Crippen molar-refractivity contribution in [1.82, 2.24) is 9.78 Å². The summed E-state index contributed by atoms with van der Waals surface area (Å²) in [6, 6.07) is 6.45. The van der Waals surface area contributed by atoms with Crippen molar-refractivity contribution in [3.05, 3.63) is 35.8 Å². The van der Waals surface area contributed by atoms with Gasteiger partial charge in [-0.3, -0.25) is 4.68 Å². The molecule has 1 fully saturated rings. The first kappa shape index (κ1) is 12.2. The largest absolute Gasteiger partial charge is 0.383 e. The Morgan fingerprint density at radius 1 is 1.32 bits per heavy atom. The molecule has 1 heterocycles. The van der Waals surface area contributed by atoms with Crippen molar-refractivity contribution < 1.29 is 4.39 Å². The molecule has 3 rings (SSSR count). The smallest absolute Gasteiger partial charge is 0.129 e. The molecule has 2 aromatic rings. The van der Waals surface area contributed by atoms with Crippen molar-refractivity contribution in [2.24, 2.45) is 12.5 Å². The lowest BCUT2D eigenvalue weighted by molar-refractivity contribution is 0.609. The van der Waals surface area contributed by atoms with Gasteiger partial charge in [-0.25, -0.2) is 4.39 Å². The molecule has 0 saturated heterocycles. The molecule has 1 saturated carbocycles. The van der Waals surface area contributed by atoms with E-state index >= 15 is 0 Å². The van der Waals surface area contributed by atoms with Crippen LogP contribution in [-0.2, 0) is 7.05 Å². The van der Waals surface area contributed by atoms with Crippen LogP contribution in [0.2, 0.25) is 0 Å². The van der Waals surface area contributed by atoms with Gasteiger partial charge in [0.2, 0.25) is 0 Å². The number of nitrogens with zero attached hydrogens (tertiary/aromatic N) is 2. The van der Waals surface area contributed by atoms with Gasteiger partial charge >= 0.3 is 0 Å². The third-order valence-electron chi connectivity index (χ3n) is 4.10. The summed E-state index contributed by atoms with van der Waals surface area (Å²) < 4.78 is 14.8. The van der Waals surface area contributed by atoms with Crippen LogP contribution in [0.5, 0.6) is 0 Å². The molecule has 0 radical (unpaired) electrons.